The van der Waals surface area contributed by atoms with E-state index < -0.39 is 0 Å². The van der Waals surface area contributed by atoms with E-state index in [2.05, 4.69) is 39.1 Å². The molecule has 1 unspecified atom stereocenters. The van der Waals surface area contributed by atoms with Gasteiger partial charge in [0.1, 0.15) is 11.5 Å². The Kier molecular flexibility index (Phi) is 6.48. The Balaban J connectivity index is 2.80. The highest BCUT2D eigenvalue weighted by atomic mass is 16.3. The molecule has 2 heteroatoms. The highest BCUT2D eigenvalue weighted by Crippen LogP contribution is 2.29. The van der Waals surface area contributed by atoms with Crippen molar-refractivity contribution >= 4 is 0 Å². The van der Waals surface area contributed by atoms with Gasteiger partial charge in [0, 0.05) is 11.6 Å². The molecule has 0 saturated carbocycles. The van der Waals surface area contributed by atoms with Crippen LogP contribution in [0.4, 0.5) is 0 Å². The van der Waals surface area contributed by atoms with Gasteiger partial charge in [0.2, 0.25) is 0 Å². The average molecular weight is 251 g/mol. The quantitative estimate of drug-likeness (QED) is 0.720. The van der Waals surface area contributed by atoms with E-state index in [1.807, 2.05) is 6.92 Å². The number of hydrogen-bond acceptors (Lipinski definition) is 2. The topological polar surface area (TPSA) is 25.2 Å². The number of rotatable bonds is 8. The fourth-order valence-electron chi connectivity index (χ4n) is 2.59. The fraction of sp³-hybridized carbons (Fsp3) is 0.750. The van der Waals surface area contributed by atoms with E-state index in [0.29, 0.717) is 6.04 Å². The van der Waals surface area contributed by atoms with Crippen molar-refractivity contribution in [2.45, 2.75) is 66.3 Å². The van der Waals surface area contributed by atoms with Crippen LogP contribution in [0.3, 0.4) is 0 Å². The molecule has 1 atom stereocenters. The van der Waals surface area contributed by atoms with Gasteiger partial charge in [-0.25, -0.2) is 0 Å². The molecule has 104 valence electrons. The lowest BCUT2D eigenvalue weighted by molar-refractivity contribution is 0.367. The molecule has 0 aliphatic heterocycles. The van der Waals surface area contributed by atoms with Gasteiger partial charge in [-0.2, -0.15) is 0 Å². The molecule has 1 rings (SSSR count). The predicted octanol–water partition coefficient (Wildman–Crippen LogP) is 4.76. The van der Waals surface area contributed by atoms with E-state index in [9.17, 15) is 0 Å². The Morgan fingerprint density at radius 1 is 1.17 bits per heavy atom. The van der Waals surface area contributed by atoms with Gasteiger partial charge < -0.3 is 9.73 Å². The first kappa shape index (κ1) is 15.3. The number of nitrogens with one attached hydrogen (secondary N) is 1. The van der Waals surface area contributed by atoms with Gasteiger partial charge >= 0.3 is 0 Å². The highest BCUT2D eigenvalue weighted by Gasteiger charge is 2.19. The predicted molar refractivity (Wildman–Crippen MR) is 77.9 cm³/mol. The Morgan fingerprint density at radius 2 is 1.83 bits per heavy atom. The molecular weight excluding hydrogens is 222 g/mol. The summed E-state index contributed by atoms with van der Waals surface area (Å²) in [5.74, 6) is 2.90. The summed E-state index contributed by atoms with van der Waals surface area (Å²) in [4.78, 5) is 0. The van der Waals surface area contributed by atoms with Crippen LogP contribution in [0.25, 0.3) is 0 Å². The van der Waals surface area contributed by atoms with Gasteiger partial charge in [-0.05, 0) is 45.2 Å². The smallest absolute Gasteiger partial charge is 0.105 e. The van der Waals surface area contributed by atoms with Gasteiger partial charge in [-0.1, -0.05) is 33.6 Å². The van der Waals surface area contributed by atoms with E-state index in [1.54, 1.807) is 0 Å². The van der Waals surface area contributed by atoms with Gasteiger partial charge in [0.15, 0.2) is 0 Å². The number of furan rings is 1. The zero-order valence-corrected chi connectivity index (χ0v) is 12.7. The van der Waals surface area contributed by atoms with Crippen molar-refractivity contribution in [1.29, 1.82) is 0 Å². The maximum absolute atomic E-state index is 5.68. The van der Waals surface area contributed by atoms with Gasteiger partial charge in [0.25, 0.3) is 0 Å². The van der Waals surface area contributed by atoms with Crippen LogP contribution in [-0.4, -0.2) is 6.54 Å². The normalized spacial score (nSPS) is 13.2. The van der Waals surface area contributed by atoms with Crippen LogP contribution in [-0.2, 0) is 0 Å². The average Bonchev–Trinajstić information content (AvgIpc) is 2.69. The van der Waals surface area contributed by atoms with Crippen LogP contribution in [0, 0.1) is 19.8 Å². The molecule has 0 aliphatic rings. The summed E-state index contributed by atoms with van der Waals surface area (Å²) in [5.41, 5.74) is 1.35. The summed E-state index contributed by atoms with van der Waals surface area (Å²) < 4.78 is 5.68. The van der Waals surface area contributed by atoms with E-state index in [0.717, 1.165) is 24.0 Å². The second kappa shape index (κ2) is 7.63. The zero-order valence-electron chi connectivity index (χ0n) is 12.7. The lowest BCUT2D eigenvalue weighted by Gasteiger charge is -2.23. The standard InChI is InChI=1S/C16H29NO/c1-6-9-17-16(11-14(7-2)8-3)15-10-12(4)18-13(15)5/h10,14,16-17H,6-9,11H2,1-5H3. The third-order valence-corrected chi connectivity index (χ3v) is 3.82. The molecule has 0 radical (unpaired) electrons. The first-order chi connectivity index (χ1) is 8.62. The minimum atomic E-state index is 0.451. The minimum Gasteiger partial charge on any atom is -0.466 e. The summed E-state index contributed by atoms with van der Waals surface area (Å²) in [7, 11) is 0. The third kappa shape index (κ3) is 4.16. The molecule has 18 heavy (non-hydrogen) atoms. The van der Waals surface area contributed by atoms with Crippen molar-refractivity contribution < 1.29 is 4.42 Å². The van der Waals surface area contributed by atoms with E-state index in [-0.39, 0.29) is 0 Å². The second-order valence-electron chi connectivity index (χ2n) is 5.29. The Bertz CT molecular complexity index is 339. The van der Waals surface area contributed by atoms with Crippen molar-refractivity contribution in [2.24, 2.45) is 5.92 Å². The molecule has 1 aromatic heterocycles. The monoisotopic (exact) mass is 251 g/mol. The van der Waals surface area contributed by atoms with Crippen LogP contribution in [0.5, 0.6) is 0 Å². The minimum absolute atomic E-state index is 0.451. The molecule has 0 aliphatic carbocycles. The molecule has 0 bridgehead atoms. The molecule has 1 heterocycles. The molecule has 1 aromatic rings. The van der Waals surface area contributed by atoms with Crippen LogP contribution < -0.4 is 5.32 Å². The largest absolute Gasteiger partial charge is 0.466 e. The van der Waals surface area contributed by atoms with Crippen LogP contribution in [0.2, 0.25) is 0 Å². The van der Waals surface area contributed by atoms with E-state index >= 15 is 0 Å². The van der Waals surface area contributed by atoms with E-state index in [1.165, 1.54) is 31.2 Å². The van der Waals surface area contributed by atoms with Crippen molar-refractivity contribution in [2.75, 3.05) is 6.54 Å². The summed E-state index contributed by atoms with van der Waals surface area (Å²) in [6.07, 6.45) is 4.91. The Labute approximate surface area is 112 Å². The lowest BCUT2D eigenvalue weighted by atomic mass is 9.91. The Hall–Kier alpha value is -0.760. The lowest BCUT2D eigenvalue weighted by Crippen LogP contribution is -2.24. The summed E-state index contributed by atoms with van der Waals surface area (Å²) in [5, 5.41) is 3.68. The van der Waals surface area contributed by atoms with E-state index in [4.69, 9.17) is 4.42 Å². The number of aryl methyl sites for hydroxylation is 2. The molecule has 0 aromatic carbocycles. The first-order valence-electron chi connectivity index (χ1n) is 7.42. The summed E-state index contributed by atoms with van der Waals surface area (Å²) in [6.45, 7) is 12.0. The summed E-state index contributed by atoms with van der Waals surface area (Å²) in [6, 6.07) is 2.65. The SMILES string of the molecule is CCCNC(CC(CC)CC)c1cc(C)oc1C. The van der Waals surface area contributed by atoms with Crippen molar-refractivity contribution in [1.82, 2.24) is 5.32 Å². The maximum Gasteiger partial charge on any atom is 0.105 e. The zero-order chi connectivity index (χ0) is 13.5. The first-order valence-corrected chi connectivity index (χ1v) is 7.42. The highest BCUT2D eigenvalue weighted by molar-refractivity contribution is 5.24. The van der Waals surface area contributed by atoms with Crippen molar-refractivity contribution in [3.05, 3.63) is 23.2 Å². The second-order valence-corrected chi connectivity index (χ2v) is 5.29. The van der Waals surface area contributed by atoms with Crippen molar-refractivity contribution in [3.63, 3.8) is 0 Å². The van der Waals surface area contributed by atoms with Crippen LogP contribution in [0.1, 0.15) is 69.6 Å². The van der Waals surface area contributed by atoms with Crippen molar-refractivity contribution in [3.8, 4) is 0 Å². The molecule has 0 fully saturated rings. The fourth-order valence-corrected chi connectivity index (χ4v) is 2.59. The van der Waals surface area contributed by atoms with Gasteiger partial charge in [-0.15, -0.1) is 0 Å². The molecular formula is C16H29NO. The summed E-state index contributed by atoms with van der Waals surface area (Å²) >= 11 is 0. The molecule has 1 N–H and O–H groups in total. The van der Waals surface area contributed by atoms with Crippen LogP contribution >= 0.6 is 0 Å². The van der Waals surface area contributed by atoms with Gasteiger partial charge in [-0.3, -0.25) is 0 Å². The number of hydrogen-bond donors (Lipinski definition) is 1. The molecule has 0 saturated heterocycles. The van der Waals surface area contributed by atoms with Gasteiger partial charge in [0.05, 0.1) is 0 Å². The maximum atomic E-state index is 5.68. The molecule has 0 spiro atoms. The Morgan fingerprint density at radius 3 is 2.28 bits per heavy atom. The molecule has 0 amide bonds. The third-order valence-electron chi connectivity index (χ3n) is 3.82. The van der Waals surface area contributed by atoms with Crippen LogP contribution in [0.15, 0.2) is 10.5 Å². The molecule has 2 nitrogen and oxygen atoms in total.